The van der Waals surface area contributed by atoms with E-state index in [9.17, 15) is 4.79 Å². The van der Waals surface area contributed by atoms with Crippen LogP contribution in [0, 0.1) is 0 Å². The Balaban J connectivity index is 1.66. The first-order valence-corrected chi connectivity index (χ1v) is 7.29. The number of aromatic amines is 1. The summed E-state index contributed by atoms with van der Waals surface area (Å²) in [5, 5.41) is 9.48. The molecule has 1 fully saturated rings. The third-order valence-electron chi connectivity index (χ3n) is 3.55. The maximum absolute atomic E-state index is 11.4. The van der Waals surface area contributed by atoms with Crippen LogP contribution >= 0.6 is 11.6 Å². The number of nitrogens with one attached hydrogen (secondary N) is 2. The largest absolute Gasteiger partial charge is 0.494 e. The van der Waals surface area contributed by atoms with Crippen molar-refractivity contribution in [2.45, 2.75) is 25.3 Å². The number of halogens is 1. The fourth-order valence-corrected chi connectivity index (χ4v) is 2.53. The normalized spacial score (nSPS) is 20.1. The molecule has 21 heavy (non-hydrogen) atoms. The molecule has 6 heteroatoms. The first-order valence-electron chi connectivity index (χ1n) is 6.91. The van der Waals surface area contributed by atoms with Crippen molar-refractivity contribution in [2.75, 3.05) is 11.9 Å². The molecule has 0 saturated heterocycles. The molecule has 1 aromatic carbocycles. The Kier molecular flexibility index (Phi) is 3.84. The van der Waals surface area contributed by atoms with E-state index in [4.69, 9.17) is 16.3 Å². The van der Waals surface area contributed by atoms with Gasteiger partial charge in [-0.05, 0) is 31.0 Å². The molecule has 0 amide bonds. The van der Waals surface area contributed by atoms with Crippen LogP contribution in [0.4, 0.5) is 5.69 Å². The molecular weight excluding hydrogens is 290 g/mol. The van der Waals surface area contributed by atoms with E-state index >= 15 is 0 Å². The van der Waals surface area contributed by atoms with E-state index < -0.39 is 0 Å². The summed E-state index contributed by atoms with van der Waals surface area (Å²) in [5.74, 6) is 1.31. The molecule has 0 aliphatic heterocycles. The Labute approximate surface area is 127 Å². The van der Waals surface area contributed by atoms with E-state index in [1.807, 2.05) is 19.1 Å². The summed E-state index contributed by atoms with van der Waals surface area (Å²) in [4.78, 5) is 11.4. The fraction of sp³-hybridized carbons (Fsp3) is 0.333. The van der Waals surface area contributed by atoms with E-state index in [0.717, 1.165) is 12.2 Å². The third kappa shape index (κ3) is 3.03. The van der Waals surface area contributed by atoms with Gasteiger partial charge in [0.1, 0.15) is 10.8 Å². The van der Waals surface area contributed by atoms with E-state index in [-0.39, 0.29) is 16.6 Å². The van der Waals surface area contributed by atoms with Crippen LogP contribution < -0.4 is 15.6 Å². The first-order chi connectivity index (χ1) is 10.2. The lowest BCUT2D eigenvalue weighted by Gasteiger charge is -2.07. The Morgan fingerprint density at radius 1 is 1.43 bits per heavy atom. The topological polar surface area (TPSA) is 67.0 Å². The fourth-order valence-electron chi connectivity index (χ4n) is 2.38. The molecule has 110 valence electrons. The highest BCUT2D eigenvalue weighted by Gasteiger charge is 2.38. The van der Waals surface area contributed by atoms with Crippen molar-refractivity contribution in [1.82, 2.24) is 10.2 Å². The molecular formula is C15H16ClN3O2. The van der Waals surface area contributed by atoms with Gasteiger partial charge in [0.25, 0.3) is 5.56 Å². The highest BCUT2D eigenvalue weighted by molar-refractivity contribution is 6.32. The molecule has 0 spiro atoms. The molecule has 1 aliphatic rings. The Morgan fingerprint density at radius 2 is 2.19 bits per heavy atom. The van der Waals surface area contributed by atoms with Crippen molar-refractivity contribution >= 4 is 17.3 Å². The van der Waals surface area contributed by atoms with Gasteiger partial charge in [-0.2, -0.15) is 5.10 Å². The van der Waals surface area contributed by atoms with E-state index in [2.05, 4.69) is 27.6 Å². The quantitative estimate of drug-likeness (QED) is 0.891. The van der Waals surface area contributed by atoms with Gasteiger partial charge in [-0.3, -0.25) is 4.79 Å². The Hall–Kier alpha value is -2.01. The zero-order chi connectivity index (χ0) is 14.8. The lowest BCUT2D eigenvalue weighted by atomic mass is 10.1. The highest BCUT2D eigenvalue weighted by atomic mass is 35.5. The van der Waals surface area contributed by atoms with Crippen LogP contribution in [0.3, 0.4) is 0 Å². The minimum atomic E-state index is -0.375. The standard InChI is InChI=1S/C15H16ClN3O2/c1-2-21-10-5-3-9(4-6-10)11-7-12(11)18-13-8-17-19-15(20)14(13)16/h3-6,8,11-12H,2,7H2,1H3,(H2,18,19,20)/t11-,12+/m0/s1. The monoisotopic (exact) mass is 305 g/mol. The zero-order valence-corrected chi connectivity index (χ0v) is 12.4. The molecule has 5 nitrogen and oxygen atoms in total. The number of H-pyrrole nitrogens is 1. The molecule has 3 rings (SSSR count). The van der Waals surface area contributed by atoms with Crippen LogP contribution in [0.2, 0.25) is 5.02 Å². The minimum Gasteiger partial charge on any atom is -0.494 e. The van der Waals surface area contributed by atoms with Gasteiger partial charge in [0.05, 0.1) is 18.5 Å². The molecule has 0 unspecified atom stereocenters. The number of ether oxygens (including phenoxy) is 1. The first kappa shape index (κ1) is 13.9. The lowest BCUT2D eigenvalue weighted by Crippen LogP contribution is -2.13. The van der Waals surface area contributed by atoms with Gasteiger partial charge >= 0.3 is 0 Å². The van der Waals surface area contributed by atoms with Crippen molar-refractivity contribution in [3.8, 4) is 5.75 Å². The number of hydrogen-bond donors (Lipinski definition) is 2. The summed E-state index contributed by atoms with van der Waals surface area (Å²) in [6, 6.07) is 8.40. The SMILES string of the molecule is CCOc1ccc([C@@H]2C[C@H]2Nc2cn[nH]c(=O)c2Cl)cc1. The molecule has 2 aromatic rings. The number of rotatable bonds is 5. The average molecular weight is 306 g/mol. The number of nitrogens with zero attached hydrogens (tertiary/aromatic N) is 1. The highest BCUT2D eigenvalue weighted by Crippen LogP contribution is 2.43. The summed E-state index contributed by atoms with van der Waals surface area (Å²) in [6.45, 7) is 2.63. The van der Waals surface area contributed by atoms with Gasteiger partial charge in [0.2, 0.25) is 0 Å². The predicted octanol–water partition coefficient (Wildman–Crippen LogP) is 2.79. The average Bonchev–Trinajstić information content (AvgIpc) is 3.24. The molecule has 2 N–H and O–H groups in total. The molecule has 2 atom stereocenters. The van der Waals surface area contributed by atoms with Gasteiger partial charge in [-0.1, -0.05) is 23.7 Å². The molecule has 1 heterocycles. The third-order valence-corrected chi connectivity index (χ3v) is 3.92. The summed E-state index contributed by atoms with van der Waals surface area (Å²) in [5.41, 5.74) is 1.46. The lowest BCUT2D eigenvalue weighted by molar-refractivity contribution is 0.340. The van der Waals surface area contributed by atoms with E-state index in [1.165, 1.54) is 11.8 Å². The van der Waals surface area contributed by atoms with Crippen molar-refractivity contribution in [3.05, 3.63) is 51.4 Å². The molecule has 0 bridgehead atoms. The summed E-state index contributed by atoms with van der Waals surface area (Å²) < 4.78 is 5.43. The summed E-state index contributed by atoms with van der Waals surface area (Å²) in [6.07, 6.45) is 2.55. The second-order valence-electron chi connectivity index (χ2n) is 5.02. The van der Waals surface area contributed by atoms with Gasteiger partial charge < -0.3 is 10.1 Å². The van der Waals surface area contributed by atoms with Gasteiger partial charge in [-0.15, -0.1) is 0 Å². The van der Waals surface area contributed by atoms with E-state index in [0.29, 0.717) is 18.2 Å². The summed E-state index contributed by atoms with van der Waals surface area (Å²) >= 11 is 5.95. The van der Waals surface area contributed by atoms with Crippen molar-refractivity contribution in [3.63, 3.8) is 0 Å². The number of aromatic nitrogens is 2. The van der Waals surface area contributed by atoms with Gasteiger partial charge in [-0.25, -0.2) is 5.10 Å². The Morgan fingerprint density at radius 3 is 2.90 bits per heavy atom. The van der Waals surface area contributed by atoms with Crippen LogP contribution in [0.15, 0.2) is 35.3 Å². The van der Waals surface area contributed by atoms with Crippen LogP contribution in [-0.2, 0) is 0 Å². The summed E-state index contributed by atoms with van der Waals surface area (Å²) in [7, 11) is 0. The van der Waals surface area contributed by atoms with Crippen molar-refractivity contribution in [1.29, 1.82) is 0 Å². The second-order valence-corrected chi connectivity index (χ2v) is 5.40. The van der Waals surface area contributed by atoms with Crippen molar-refractivity contribution < 1.29 is 4.74 Å². The molecule has 1 saturated carbocycles. The molecule has 0 radical (unpaired) electrons. The second kappa shape index (κ2) is 5.77. The maximum Gasteiger partial charge on any atom is 0.285 e. The number of hydrogen-bond acceptors (Lipinski definition) is 4. The minimum absolute atomic E-state index is 0.155. The van der Waals surface area contributed by atoms with Crippen LogP contribution in [-0.4, -0.2) is 22.8 Å². The van der Waals surface area contributed by atoms with E-state index in [1.54, 1.807) is 0 Å². The number of benzene rings is 1. The zero-order valence-electron chi connectivity index (χ0n) is 11.6. The maximum atomic E-state index is 11.4. The van der Waals surface area contributed by atoms with Gasteiger partial charge in [0, 0.05) is 12.0 Å². The van der Waals surface area contributed by atoms with Gasteiger partial charge in [0.15, 0.2) is 0 Å². The Bertz CT molecular complexity index is 684. The molecule has 1 aliphatic carbocycles. The van der Waals surface area contributed by atoms with Crippen LogP contribution in [0.1, 0.15) is 24.8 Å². The van der Waals surface area contributed by atoms with Crippen molar-refractivity contribution in [2.24, 2.45) is 0 Å². The number of anilines is 1. The smallest absolute Gasteiger partial charge is 0.285 e. The predicted molar refractivity (Wildman–Crippen MR) is 82.2 cm³/mol. The van der Waals surface area contributed by atoms with Crippen LogP contribution in [0.25, 0.3) is 0 Å². The molecule has 1 aromatic heterocycles. The van der Waals surface area contributed by atoms with Crippen LogP contribution in [0.5, 0.6) is 5.75 Å².